The molecule has 0 bridgehead atoms. The van der Waals surface area contributed by atoms with Crippen molar-refractivity contribution in [1.82, 2.24) is 9.97 Å². The highest BCUT2D eigenvalue weighted by atomic mass is 19.4. The molecule has 90 valence electrons. The van der Waals surface area contributed by atoms with Gasteiger partial charge in [-0.1, -0.05) is 0 Å². The topological polar surface area (TPSA) is 51.0 Å². The molecular formula is C10H8F3N3O. The van der Waals surface area contributed by atoms with Gasteiger partial charge in [0, 0.05) is 11.8 Å². The first-order valence-corrected chi connectivity index (χ1v) is 4.71. The summed E-state index contributed by atoms with van der Waals surface area (Å²) in [6, 6.07) is 3.04. The van der Waals surface area contributed by atoms with Crippen LogP contribution in [0.3, 0.4) is 0 Å². The van der Waals surface area contributed by atoms with Gasteiger partial charge in [0.05, 0.1) is 6.20 Å². The van der Waals surface area contributed by atoms with Crippen LogP contribution in [0.5, 0.6) is 0 Å². The smallest absolute Gasteiger partial charge is 0.405 e. The second-order valence-electron chi connectivity index (χ2n) is 3.24. The number of nitrogens with zero attached hydrogens (tertiary/aromatic N) is 2. The molecule has 0 saturated carbocycles. The number of rotatable bonds is 3. The predicted octanol–water partition coefficient (Wildman–Crippen LogP) is 2.71. The van der Waals surface area contributed by atoms with Gasteiger partial charge in [-0.3, -0.25) is 0 Å². The number of oxazole rings is 1. The van der Waals surface area contributed by atoms with E-state index >= 15 is 0 Å². The van der Waals surface area contributed by atoms with Gasteiger partial charge in [-0.15, -0.1) is 0 Å². The molecule has 0 aliphatic rings. The van der Waals surface area contributed by atoms with Crippen molar-refractivity contribution in [2.24, 2.45) is 0 Å². The Morgan fingerprint density at radius 3 is 2.71 bits per heavy atom. The van der Waals surface area contributed by atoms with E-state index in [4.69, 9.17) is 4.42 Å². The molecule has 4 nitrogen and oxygen atoms in total. The summed E-state index contributed by atoms with van der Waals surface area (Å²) in [5.74, 6) is 0.459. The summed E-state index contributed by atoms with van der Waals surface area (Å²) < 4.78 is 41.0. The van der Waals surface area contributed by atoms with Crippen LogP contribution in [0.15, 0.2) is 35.2 Å². The first kappa shape index (κ1) is 11.4. The van der Waals surface area contributed by atoms with Gasteiger partial charge < -0.3 is 9.73 Å². The van der Waals surface area contributed by atoms with Crippen LogP contribution in [-0.4, -0.2) is 22.7 Å². The van der Waals surface area contributed by atoms with E-state index in [1.807, 2.05) is 0 Å². The van der Waals surface area contributed by atoms with Crippen molar-refractivity contribution < 1.29 is 17.6 Å². The third kappa shape index (κ3) is 3.20. The number of hydrogen-bond acceptors (Lipinski definition) is 4. The highest BCUT2D eigenvalue weighted by molar-refractivity contribution is 5.57. The van der Waals surface area contributed by atoms with E-state index in [2.05, 4.69) is 15.3 Å². The van der Waals surface area contributed by atoms with E-state index < -0.39 is 12.7 Å². The monoisotopic (exact) mass is 243 g/mol. The zero-order valence-electron chi connectivity index (χ0n) is 8.53. The third-order valence-electron chi connectivity index (χ3n) is 1.91. The Labute approximate surface area is 94.5 Å². The van der Waals surface area contributed by atoms with Crippen LogP contribution < -0.4 is 5.32 Å². The lowest BCUT2D eigenvalue weighted by Gasteiger charge is -2.08. The lowest BCUT2D eigenvalue weighted by Crippen LogP contribution is -2.21. The van der Waals surface area contributed by atoms with Crippen molar-refractivity contribution in [3.8, 4) is 11.5 Å². The SMILES string of the molecule is FC(F)(F)CNc1cc(-c2ncco2)ccn1. The van der Waals surface area contributed by atoms with Gasteiger partial charge in [0.1, 0.15) is 18.6 Å². The van der Waals surface area contributed by atoms with E-state index in [-0.39, 0.29) is 5.82 Å². The van der Waals surface area contributed by atoms with Gasteiger partial charge in [0.2, 0.25) is 5.89 Å². The molecule has 17 heavy (non-hydrogen) atoms. The number of alkyl halides is 3. The number of pyridine rings is 1. The molecule has 0 radical (unpaired) electrons. The van der Waals surface area contributed by atoms with Crippen LogP contribution in [-0.2, 0) is 0 Å². The number of aromatic nitrogens is 2. The van der Waals surface area contributed by atoms with Crippen LogP contribution in [0.2, 0.25) is 0 Å². The minimum absolute atomic E-state index is 0.123. The molecule has 1 N–H and O–H groups in total. The second kappa shape index (κ2) is 4.44. The Morgan fingerprint density at radius 1 is 1.24 bits per heavy atom. The molecule has 7 heteroatoms. The lowest BCUT2D eigenvalue weighted by atomic mass is 10.2. The molecule has 0 spiro atoms. The Kier molecular flexibility index (Phi) is 2.99. The number of nitrogens with one attached hydrogen (secondary N) is 1. The van der Waals surface area contributed by atoms with Crippen LogP contribution in [0.4, 0.5) is 19.0 Å². The number of anilines is 1. The Hall–Kier alpha value is -2.05. The molecule has 0 fully saturated rings. The fourth-order valence-corrected chi connectivity index (χ4v) is 1.22. The van der Waals surface area contributed by atoms with Crippen molar-refractivity contribution in [1.29, 1.82) is 0 Å². The first-order chi connectivity index (χ1) is 8.04. The summed E-state index contributed by atoms with van der Waals surface area (Å²) in [6.45, 7) is -1.13. The Bertz CT molecular complexity index is 482. The highest BCUT2D eigenvalue weighted by Crippen LogP contribution is 2.20. The molecule has 0 aliphatic heterocycles. The second-order valence-corrected chi connectivity index (χ2v) is 3.24. The third-order valence-corrected chi connectivity index (χ3v) is 1.91. The van der Waals surface area contributed by atoms with Crippen LogP contribution >= 0.6 is 0 Å². The van der Waals surface area contributed by atoms with Crippen LogP contribution in [0, 0.1) is 0 Å². The van der Waals surface area contributed by atoms with Gasteiger partial charge in [0.15, 0.2) is 0 Å². The quantitative estimate of drug-likeness (QED) is 0.900. The highest BCUT2D eigenvalue weighted by Gasteiger charge is 2.26. The van der Waals surface area contributed by atoms with Gasteiger partial charge in [-0.2, -0.15) is 13.2 Å². The molecule has 0 saturated heterocycles. The van der Waals surface area contributed by atoms with Gasteiger partial charge in [0.25, 0.3) is 0 Å². The van der Waals surface area contributed by atoms with Crippen LogP contribution in [0.1, 0.15) is 0 Å². The van der Waals surface area contributed by atoms with Crippen molar-refractivity contribution >= 4 is 5.82 Å². The molecule has 2 heterocycles. The zero-order valence-corrected chi connectivity index (χ0v) is 8.53. The van der Waals surface area contributed by atoms with E-state index in [9.17, 15) is 13.2 Å². The maximum absolute atomic E-state index is 12.0. The van der Waals surface area contributed by atoms with E-state index in [1.54, 1.807) is 6.07 Å². The molecule has 0 aromatic carbocycles. The van der Waals surface area contributed by atoms with Gasteiger partial charge >= 0.3 is 6.18 Å². The largest absolute Gasteiger partial charge is 0.445 e. The molecule has 2 rings (SSSR count). The van der Waals surface area contributed by atoms with E-state index in [0.29, 0.717) is 11.5 Å². The van der Waals surface area contributed by atoms with Crippen molar-refractivity contribution in [3.63, 3.8) is 0 Å². The summed E-state index contributed by atoms with van der Waals surface area (Å²) >= 11 is 0. The minimum atomic E-state index is -4.28. The maximum Gasteiger partial charge on any atom is 0.405 e. The molecule has 2 aromatic rings. The van der Waals surface area contributed by atoms with Crippen LogP contribution in [0.25, 0.3) is 11.5 Å². The molecule has 0 amide bonds. The Balaban J connectivity index is 2.12. The van der Waals surface area contributed by atoms with E-state index in [0.717, 1.165) is 0 Å². The summed E-state index contributed by atoms with van der Waals surface area (Å²) in [4.78, 5) is 7.66. The molecule has 2 aromatic heterocycles. The average Bonchev–Trinajstić information content (AvgIpc) is 2.79. The Morgan fingerprint density at radius 2 is 2.06 bits per heavy atom. The fourth-order valence-electron chi connectivity index (χ4n) is 1.22. The summed E-state index contributed by atoms with van der Waals surface area (Å²) in [5, 5.41) is 2.18. The minimum Gasteiger partial charge on any atom is -0.445 e. The normalized spacial score (nSPS) is 11.5. The molecule has 0 aliphatic carbocycles. The number of hydrogen-bond donors (Lipinski definition) is 1. The van der Waals surface area contributed by atoms with Crippen molar-refractivity contribution in [2.45, 2.75) is 6.18 Å². The molecule has 0 atom stereocenters. The average molecular weight is 243 g/mol. The fraction of sp³-hybridized carbons (Fsp3) is 0.200. The van der Waals surface area contributed by atoms with Gasteiger partial charge in [-0.25, -0.2) is 9.97 Å². The standard InChI is InChI=1S/C10H8F3N3O/c11-10(12,13)6-16-8-5-7(1-2-14-8)9-15-3-4-17-9/h1-5H,6H2,(H,14,16). The molecular weight excluding hydrogens is 235 g/mol. The number of halogens is 3. The van der Waals surface area contributed by atoms with E-state index in [1.165, 1.54) is 24.7 Å². The summed E-state index contributed by atoms with van der Waals surface area (Å²) in [6.07, 6.45) is -0.0456. The first-order valence-electron chi connectivity index (χ1n) is 4.71. The molecule has 0 unspecified atom stereocenters. The summed E-state index contributed by atoms with van der Waals surface area (Å²) in [5.41, 5.74) is 0.565. The predicted molar refractivity (Wildman–Crippen MR) is 54.3 cm³/mol. The van der Waals surface area contributed by atoms with Crippen molar-refractivity contribution in [2.75, 3.05) is 11.9 Å². The lowest BCUT2D eigenvalue weighted by molar-refractivity contribution is -0.115. The van der Waals surface area contributed by atoms with Gasteiger partial charge in [-0.05, 0) is 12.1 Å². The van der Waals surface area contributed by atoms with Crippen molar-refractivity contribution in [3.05, 3.63) is 30.8 Å². The summed E-state index contributed by atoms with van der Waals surface area (Å²) in [7, 11) is 0. The maximum atomic E-state index is 12.0. The zero-order chi connectivity index (χ0) is 12.3.